The lowest BCUT2D eigenvalue weighted by Crippen LogP contribution is -2.19. The number of fused-ring (bicyclic) bond motifs is 1. The molecule has 2 N–H and O–H groups in total. The van der Waals surface area contributed by atoms with Crippen LogP contribution in [0.2, 0.25) is 0 Å². The second-order valence-electron chi connectivity index (χ2n) is 4.76. The van der Waals surface area contributed by atoms with E-state index in [0.29, 0.717) is 11.3 Å². The summed E-state index contributed by atoms with van der Waals surface area (Å²) < 4.78 is 14.5. The van der Waals surface area contributed by atoms with Crippen molar-refractivity contribution in [2.75, 3.05) is 10.6 Å². The number of benzene rings is 2. The highest BCUT2D eigenvalue weighted by molar-refractivity contribution is 9.10. The Hall–Kier alpha value is -1.88. The van der Waals surface area contributed by atoms with Crippen molar-refractivity contribution in [3.8, 4) is 0 Å². The molecule has 3 nitrogen and oxygen atoms in total. The SMILES string of the molecule is Cc1ccc(NC2C(=O)Nc3cc(Br)ccc32)cc1F. The molecule has 2 aromatic rings. The lowest BCUT2D eigenvalue weighted by atomic mass is 10.1. The van der Waals surface area contributed by atoms with Gasteiger partial charge in [0.2, 0.25) is 0 Å². The van der Waals surface area contributed by atoms with Crippen LogP contribution in [-0.4, -0.2) is 5.91 Å². The van der Waals surface area contributed by atoms with Gasteiger partial charge in [0, 0.05) is 21.4 Å². The number of rotatable bonds is 2. The van der Waals surface area contributed by atoms with E-state index in [1.165, 1.54) is 6.07 Å². The van der Waals surface area contributed by atoms with Crippen LogP contribution in [0.1, 0.15) is 17.2 Å². The molecule has 1 unspecified atom stereocenters. The zero-order chi connectivity index (χ0) is 14.3. The van der Waals surface area contributed by atoms with E-state index in [4.69, 9.17) is 0 Å². The minimum Gasteiger partial charge on any atom is -0.370 e. The number of nitrogens with one attached hydrogen (secondary N) is 2. The van der Waals surface area contributed by atoms with Gasteiger partial charge in [0.1, 0.15) is 11.9 Å². The molecule has 0 saturated carbocycles. The van der Waals surface area contributed by atoms with E-state index in [-0.39, 0.29) is 11.7 Å². The zero-order valence-corrected chi connectivity index (χ0v) is 12.3. The standard InChI is InChI=1S/C15H12BrFN2O/c1-8-2-4-10(7-12(8)17)18-14-11-5-3-9(16)6-13(11)19-15(14)20/h2-7,14,18H,1H3,(H,19,20). The Balaban J connectivity index is 1.92. The fourth-order valence-electron chi connectivity index (χ4n) is 2.23. The molecule has 1 aliphatic rings. The first kappa shape index (κ1) is 13.1. The van der Waals surface area contributed by atoms with Gasteiger partial charge in [-0.1, -0.05) is 28.1 Å². The number of anilines is 2. The normalized spacial score (nSPS) is 16.8. The van der Waals surface area contributed by atoms with E-state index in [0.717, 1.165) is 15.7 Å². The first-order valence-corrected chi connectivity index (χ1v) is 6.97. The van der Waals surface area contributed by atoms with E-state index in [9.17, 15) is 9.18 Å². The summed E-state index contributed by atoms with van der Waals surface area (Å²) >= 11 is 3.37. The lowest BCUT2D eigenvalue weighted by Gasteiger charge is -2.13. The number of hydrogen-bond donors (Lipinski definition) is 2. The smallest absolute Gasteiger partial charge is 0.251 e. The predicted molar refractivity (Wildman–Crippen MR) is 80.3 cm³/mol. The third kappa shape index (κ3) is 2.29. The molecule has 3 rings (SSSR count). The van der Waals surface area contributed by atoms with Gasteiger partial charge in [-0.2, -0.15) is 0 Å². The molecule has 0 radical (unpaired) electrons. The molecule has 20 heavy (non-hydrogen) atoms. The van der Waals surface area contributed by atoms with E-state index in [1.54, 1.807) is 19.1 Å². The Morgan fingerprint density at radius 2 is 2.05 bits per heavy atom. The van der Waals surface area contributed by atoms with Gasteiger partial charge in [0.15, 0.2) is 0 Å². The van der Waals surface area contributed by atoms with Crippen LogP contribution >= 0.6 is 15.9 Å². The maximum Gasteiger partial charge on any atom is 0.251 e. The van der Waals surface area contributed by atoms with Gasteiger partial charge in [-0.15, -0.1) is 0 Å². The Labute approximate surface area is 124 Å². The molecule has 1 aliphatic heterocycles. The molecule has 0 fully saturated rings. The molecule has 0 spiro atoms. The number of hydrogen-bond acceptors (Lipinski definition) is 2. The minimum atomic E-state index is -0.500. The van der Waals surface area contributed by atoms with Crippen molar-refractivity contribution in [3.05, 3.63) is 57.8 Å². The number of carbonyl (C=O) groups is 1. The van der Waals surface area contributed by atoms with E-state index >= 15 is 0 Å². The highest BCUT2D eigenvalue weighted by atomic mass is 79.9. The summed E-state index contributed by atoms with van der Waals surface area (Å²) in [6, 6.07) is 9.96. The van der Waals surface area contributed by atoms with E-state index < -0.39 is 6.04 Å². The van der Waals surface area contributed by atoms with Crippen molar-refractivity contribution in [1.82, 2.24) is 0 Å². The number of halogens is 2. The predicted octanol–water partition coefficient (Wildman–Crippen LogP) is 4.00. The second kappa shape index (κ2) is 4.90. The van der Waals surface area contributed by atoms with Crippen LogP contribution in [0.15, 0.2) is 40.9 Å². The van der Waals surface area contributed by atoms with Crippen molar-refractivity contribution >= 4 is 33.2 Å². The molecule has 5 heteroatoms. The molecule has 102 valence electrons. The Morgan fingerprint density at radius 3 is 2.80 bits per heavy atom. The summed E-state index contributed by atoms with van der Waals surface area (Å²) in [5.74, 6) is -0.427. The summed E-state index contributed by atoms with van der Waals surface area (Å²) in [5, 5.41) is 5.88. The van der Waals surface area contributed by atoms with Gasteiger partial charge in [0.05, 0.1) is 0 Å². The summed E-state index contributed by atoms with van der Waals surface area (Å²) in [6.45, 7) is 1.70. The topological polar surface area (TPSA) is 41.1 Å². The average Bonchev–Trinajstić information content (AvgIpc) is 2.69. The zero-order valence-electron chi connectivity index (χ0n) is 10.7. The second-order valence-corrected chi connectivity index (χ2v) is 5.68. The fraction of sp³-hybridized carbons (Fsp3) is 0.133. The average molecular weight is 335 g/mol. The summed E-state index contributed by atoms with van der Waals surface area (Å²) in [6.07, 6.45) is 0. The van der Waals surface area contributed by atoms with Crippen molar-refractivity contribution in [1.29, 1.82) is 0 Å². The van der Waals surface area contributed by atoms with Crippen LogP contribution in [0.5, 0.6) is 0 Å². The molecule has 2 aromatic carbocycles. The molecule has 1 amide bonds. The monoisotopic (exact) mass is 334 g/mol. The molecular weight excluding hydrogens is 323 g/mol. The van der Waals surface area contributed by atoms with Gasteiger partial charge < -0.3 is 10.6 Å². The third-order valence-corrected chi connectivity index (χ3v) is 3.82. The van der Waals surface area contributed by atoms with Crippen molar-refractivity contribution in [3.63, 3.8) is 0 Å². The van der Waals surface area contributed by atoms with E-state index in [2.05, 4.69) is 26.6 Å². The summed E-state index contributed by atoms with van der Waals surface area (Å²) in [7, 11) is 0. The number of aryl methyl sites for hydroxylation is 1. The van der Waals surface area contributed by atoms with Gasteiger partial charge >= 0.3 is 0 Å². The molecule has 1 heterocycles. The Bertz CT molecular complexity index is 702. The molecule has 1 atom stereocenters. The van der Waals surface area contributed by atoms with Crippen LogP contribution in [0.3, 0.4) is 0 Å². The van der Waals surface area contributed by atoms with Crippen molar-refractivity contribution < 1.29 is 9.18 Å². The molecule has 0 aromatic heterocycles. The van der Waals surface area contributed by atoms with Crippen molar-refractivity contribution in [2.24, 2.45) is 0 Å². The fourth-order valence-corrected chi connectivity index (χ4v) is 2.59. The molecular formula is C15H12BrFN2O. The minimum absolute atomic E-state index is 0.140. The quantitative estimate of drug-likeness (QED) is 0.871. The highest BCUT2D eigenvalue weighted by Gasteiger charge is 2.30. The Kier molecular flexibility index (Phi) is 3.22. The molecule has 0 bridgehead atoms. The Morgan fingerprint density at radius 1 is 1.25 bits per heavy atom. The maximum absolute atomic E-state index is 13.6. The molecule has 0 saturated heterocycles. The van der Waals surface area contributed by atoms with Gasteiger partial charge in [-0.25, -0.2) is 4.39 Å². The van der Waals surface area contributed by atoms with Crippen LogP contribution < -0.4 is 10.6 Å². The summed E-state index contributed by atoms with van der Waals surface area (Å²) in [4.78, 5) is 12.0. The van der Waals surface area contributed by atoms with Crippen LogP contribution in [0.4, 0.5) is 15.8 Å². The highest BCUT2D eigenvalue weighted by Crippen LogP contribution is 2.35. The van der Waals surface area contributed by atoms with Gasteiger partial charge in [-0.3, -0.25) is 4.79 Å². The lowest BCUT2D eigenvalue weighted by molar-refractivity contribution is -0.116. The van der Waals surface area contributed by atoms with Gasteiger partial charge in [-0.05, 0) is 36.8 Å². The maximum atomic E-state index is 13.6. The van der Waals surface area contributed by atoms with Crippen LogP contribution in [0, 0.1) is 12.7 Å². The molecule has 0 aliphatic carbocycles. The first-order chi connectivity index (χ1) is 9.54. The van der Waals surface area contributed by atoms with Crippen LogP contribution in [0.25, 0.3) is 0 Å². The van der Waals surface area contributed by atoms with Crippen molar-refractivity contribution in [2.45, 2.75) is 13.0 Å². The van der Waals surface area contributed by atoms with Gasteiger partial charge in [0.25, 0.3) is 5.91 Å². The third-order valence-electron chi connectivity index (χ3n) is 3.33. The largest absolute Gasteiger partial charge is 0.370 e. The van der Waals surface area contributed by atoms with Crippen LogP contribution in [-0.2, 0) is 4.79 Å². The van der Waals surface area contributed by atoms with E-state index in [1.807, 2.05) is 18.2 Å². The number of amides is 1. The first-order valence-electron chi connectivity index (χ1n) is 6.17. The number of carbonyl (C=O) groups excluding carboxylic acids is 1. The summed E-state index contributed by atoms with van der Waals surface area (Å²) in [5.41, 5.74) is 2.80.